The molecule has 0 amide bonds. The van der Waals surface area contributed by atoms with Gasteiger partial charge in [-0.3, -0.25) is 0 Å². The van der Waals surface area contributed by atoms with Gasteiger partial charge >= 0.3 is 0 Å². The van der Waals surface area contributed by atoms with Crippen LogP contribution >= 0.6 is 11.8 Å². The highest BCUT2D eigenvalue weighted by Crippen LogP contribution is 2.36. The van der Waals surface area contributed by atoms with E-state index in [-0.39, 0.29) is 6.10 Å². The first-order chi connectivity index (χ1) is 7.16. The summed E-state index contributed by atoms with van der Waals surface area (Å²) in [5, 5.41) is 10.7. The molecule has 0 spiro atoms. The van der Waals surface area contributed by atoms with Crippen molar-refractivity contribution in [3.05, 3.63) is 34.9 Å². The van der Waals surface area contributed by atoms with Gasteiger partial charge < -0.3 is 5.11 Å². The molecule has 0 radical (unpaired) electrons. The van der Waals surface area contributed by atoms with Gasteiger partial charge in [0.05, 0.1) is 6.10 Å². The molecule has 1 aromatic carbocycles. The van der Waals surface area contributed by atoms with Crippen molar-refractivity contribution in [2.24, 2.45) is 0 Å². The van der Waals surface area contributed by atoms with E-state index in [1.807, 2.05) is 11.8 Å². The van der Waals surface area contributed by atoms with E-state index in [1.54, 1.807) is 0 Å². The van der Waals surface area contributed by atoms with Crippen molar-refractivity contribution in [3.8, 4) is 0 Å². The van der Waals surface area contributed by atoms with Gasteiger partial charge in [0.25, 0.3) is 0 Å². The van der Waals surface area contributed by atoms with Crippen LogP contribution in [0.5, 0.6) is 0 Å². The highest BCUT2D eigenvalue weighted by Gasteiger charge is 2.25. The summed E-state index contributed by atoms with van der Waals surface area (Å²) in [4.78, 5) is 0. The molecular formula is C13H18OS. The fourth-order valence-electron chi connectivity index (χ4n) is 2.25. The fraction of sp³-hybridized carbons (Fsp3) is 0.538. The van der Waals surface area contributed by atoms with E-state index in [0.717, 1.165) is 12.0 Å². The maximum atomic E-state index is 10.2. The van der Waals surface area contributed by atoms with Crippen LogP contribution in [0.15, 0.2) is 18.2 Å². The van der Waals surface area contributed by atoms with Gasteiger partial charge in [-0.05, 0) is 38.0 Å². The lowest BCUT2D eigenvalue weighted by atomic mass is 9.99. The summed E-state index contributed by atoms with van der Waals surface area (Å²) in [5.74, 6) is 1.20. The number of benzene rings is 1. The molecule has 0 aliphatic carbocycles. The molecule has 1 aliphatic heterocycles. The molecule has 82 valence electrons. The van der Waals surface area contributed by atoms with Crippen molar-refractivity contribution in [2.75, 3.05) is 5.75 Å². The Kier molecular flexibility index (Phi) is 3.37. The Balaban J connectivity index is 2.20. The second-order valence-corrected chi connectivity index (χ2v) is 5.76. The van der Waals surface area contributed by atoms with Crippen LogP contribution in [0.2, 0.25) is 0 Å². The van der Waals surface area contributed by atoms with E-state index >= 15 is 0 Å². The van der Waals surface area contributed by atoms with Crippen LogP contribution in [-0.4, -0.2) is 16.1 Å². The van der Waals surface area contributed by atoms with E-state index in [4.69, 9.17) is 0 Å². The van der Waals surface area contributed by atoms with Crippen LogP contribution in [0.3, 0.4) is 0 Å². The average Bonchev–Trinajstić information content (AvgIpc) is 2.67. The molecule has 1 aliphatic rings. The molecule has 0 aromatic heterocycles. The largest absolute Gasteiger partial charge is 0.387 e. The number of aliphatic hydroxyl groups is 1. The van der Waals surface area contributed by atoms with E-state index in [2.05, 4.69) is 32.0 Å². The lowest BCUT2D eigenvalue weighted by Crippen LogP contribution is -2.12. The first-order valence-electron chi connectivity index (χ1n) is 5.54. The van der Waals surface area contributed by atoms with E-state index in [1.165, 1.54) is 23.3 Å². The molecule has 15 heavy (non-hydrogen) atoms. The Bertz CT molecular complexity index is 322. The molecule has 2 unspecified atom stereocenters. The molecule has 2 heteroatoms. The van der Waals surface area contributed by atoms with Crippen LogP contribution in [0.25, 0.3) is 0 Å². The number of aliphatic hydroxyl groups excluding tert-OH is 1. The van der Waals surface area contributed by atoms with Crippen molar-refractivity contribution >= 4 is 11.8 Å². The molecular weight excluding hydrogens is 204 g/mol. The monoisotopic (exact) mass is 222 g/mol. The quantitative estimate of drug-likeness (QED) is 0.829. The Hall–Kier alpha value is -0.470. The molecule has 0 bridgehead atoms. The van der Waals surface area contributed by atoms with Gasteiger partial charge in [0.1, 0.15) is 0 Å². The summed E-state index contributed by atoms with van der Waals surface area (Å²) in [7, 11) is 0. The zero-order chi connectivity index (χ0) is 10.8. The highest BCUT2D eigenvalue weighted by atomic mass is 32.2. The number of rotatable bonds is 2. The predicted octanol–water partition coefficient (Wildman–Crippen LogP) is 3.23. The lowest BCUT2D eigenvalue weighted by molar-refractivity contribution is 0.173. The van der Waals surface area contributed by atoms with Crippen molar-refractivity contribution in [3.63, 3.8) is 0 Å². The van der Waals surface area contributed by atoms with E-state index in [0.29, 0.717) is 5.25 Å². The minimum absolute atomic E-state index is 0.281. The molecule has 1 fully saturated rings. The summed E-state index contributed by atoms with van der Waals surface area (Å²) in [6.45, 7) is 4.18. The number of thioether (sulfide) groups is 1. The zero-order valence-electron chi connectivity index (χ0n) is 9.36. The van der Waals surface area contributed by atoms with Crippen molar-refractivity contribution < 1.29 is 5.11 Å². The number of hydrogen-bond acceptors (Lipinski definition) is 2. The normalized spacial score (nSPS) is 23.0. The second kappa shape index (κ2) is 4.58. The van der Waals surface area contributed by atoms with E-state index < -0.39 is 0 Å². The van der Waals surface area contributed by atoms with E-state index in [9.17, 15) is 5.11 Å². The summed E-state index contributed by atoms with van der Waals surface area (Å²) in [5.41, 5.74) is 3.57. The molecule has 1 heterocycles. The number of aryl methyl sites for hydroxylation is 2. The third-order valence-electron chi connectivity index (χ3n) is 2.90. The Morgan fingerprint density at radius 3 is 2.47 bits per heavy atom. The Labute approximate surface area is 95.9 Å². The van der Waals surface area contributed by atoms with Gasteiger partial charge in [0.15, 0.2) is 0 Å². The topological polar surface area (TPSA) is 20.2 Å². The SMILES string of the molecule is Cc1cc(C)cc(C(O)C2CCCS2)c1. The first kappa shape index (κ1) is 11.0. The van der Waals surface area contributed by atoms with Crippen LogP contribution in [0.1, 0.15) is 35.6 Å². The minimum atomic E-state index is -0.281. The van der Waals surface area contributed by atoms with Gasteiger partial charge in [-0.15, -0.1) is 0 Å². The second-order valence-electron chi connectivity index (χ2n) is 4.42. The lowest BCUT2D eigenvalue weighted by Gasteiger charge is -2.18. The molecule has 1 nitrogen and oxygen atoms in total. The van der Waals surface area contributed by atoms with Crippen LogP contribution in [0, 0.1) is 13.8 Å². The molecule has 2 atom stereocenters. The van der Waals surface area contributed by atoms with Gasteiger partial charge in [-0.25, -0.2) is 0 Å². The van der Waals surface area contributed by atoms with Crippen LogP contribution in [-0.2, 0) is 0 Å². The molecule has 0 saturated carbocycles. The van der Waals surface area contributed by atoms with Gasteiger partial charge in [-0.2, -0.15) is 11.8 Å². The maximum Gasteiger partial charge on any atom is 0.0908 e. The van der Waals surface area contributed by atoms with Crippen molar-refractivity contribution in [1.29, 1.82) is 0 Å². The summed E-state index contributed by atoms with van der Waals surface area (Å²) < 4.78 is 0. The van der Waals surface area contributed by atoms with Gasteiger partial charge in [0.2, 0.25) is 0 Å². The maximum absolute atomic E-state index is 10.2. The smallest absolute Gasteiger partial charge is 0.0908 e. The standard InChI is InChI=1S/C13H18OS/c1-9-6-10(2)8-11(7-9)13(14)12-4-3-5-15-12/h6-8,12-14H,3-5H2,1-2H3. The minimum Gasteiger partial charge on any atom is -0.387 e. The Morgan fingerprint density at radius 1 is 1.27 bits per heavy atom. The van der Waals surface area contributed by atoms with Crippen LogP contribution in [0.4, 0.5) is 0 Å². The first-order valence-corrected chi connectivity index (χ1v) is 6.59. The summed E-state index contributed by atoms with van der Waals surface area (Å²) >= 11 is 1.91. The third kappa shape index (κ3) is 2.56. The third-order valence-corrected chi connectivity index (χ3v) is 4.35. The van der Waals surface area contributed by atoms with Gasteiger partial charge in [-0.1, -0.05) is 29.3 Å². The number of hydrogen-bond donors (Lipinski definition) is 1. The van der Waals surface area contributed by atoms with Crippen molar-refractivity contribution in [2.45, 2.75) is 38.0 Å². The molecule has 2 rings (SSSR count). The summed E-state index contributed by atoms with van der Waals surface area (Å²) in [6, 6.07) is 6.37. The van der Waals surface area contributed by atoms with Crippen molar-refractivity contribution in [1.82, 2.24) is 0 Å². The molecule has 1 N–H and O–H groups in total. The predicted molar refractivity (Wildman–Crippen MR) is 66.4 cm³/mol. The molecule has 1 aromatic rings. The van der Waals surface area contributed by atoms with Gasteiger partial charge in [0, 0.05) is 5.25 Å². The summed E-state index contributed by atoms with van der Waals surface area (Å²) in [6.07, 6.45) is 2.12. The van der Waals surface area contributed by atoms with Crippen LogP contribution < -0.4 is 0 Å². The highest BCUT2D eigenvalue weighted by molar-refractivity contribution is 8.00. The Morgan fingerprint density at radius 2 is 1.93 bits per heavy atom. The average molecular weight is 222 g/mol. The molecule has 1 saturated heterocycles. The zero-order valence-corrected chi connectivity index (χ0v) is 10.2. The fourth-order valence-corrected chi connectivity index (χ4v) is 3.56.